The summed E-state index contributed by atoms with van der Waals surface area (Å²) in [5.74, 6) is 3.62. The van der Waals surface area contributed by atoms with Gasteiger partial charge in [0.1, 0.15) is 0 Å². The largest absolute Gasteiger partial charge is 0.158 e. The summed E-state index contributed by atoms with van der Waals surface area (Å²) in [5, 5.41) is 1.05. The fourth-order valence-corrected chi connectivity index (χ4v) is 4.58. The van der Waals surface area contributed by atoms with Crippen LogP contribution in [0.5, 0.6) is 0 Å². The number of hydrogen-bond acceptors (Lipinski definition) is 1. The molecule has 2 rings (SSSR count). The first-order valence-corrected chi connectivity index (χ1v) is 6.58. The molecule has 0 spiro atoms. The van der Waals surface area contributed by atoms with E-state index in [1.165, 1.54) is 44.3 Å². The van der Waals surface area contributed by atoms with Gasteiger partial charge in [0.05, 0.1) is 0 Å². The van der Waals surface area contributed by atoms with Crippen LogP contribution in [0.4, 0.5) is 0 Å². The first-order chi connectivity index (χ1) is 5.92. The molecule has 0 nitrogen and oxygen atoms in total. The highest BCUT2D eigenvalue weighted by Gasteiger charge is 2.33. The highest BCUT2D eigenvalue weighted by atomic mass is 32.2. The normalized spacial score (nSPS) is 42.2. The van der Waals surface area contributed by atoms with Crippen LogP contribution in [0.1, 0.15) is 45.4 Å². The summed E-state index contributed by atoms with van der Waals surface area (Å²) >= 11 is 2.27. The molecule has 2 aliphatic rings. The maximum absolute atomic E-state index is 2.38. The molecule has 0 aromatic rings. The molecule has 3 atom stereocenters. The molecule has 70 valence electrons. The molecule has 0 aromatic carbocycles. The highest BCUT2D eigenvalue weighted by molar-refractivity contribution is 7.99. The zero-order chi connectivity index (χ0) is 8.39. The van der Waals surface area contributed by atoms with Crippen molar-refractivity contribution in [2.75, 3.05) is 5.75 Å². The second-order valence-corrected chi connectivity index (χ2v) is 5.66. The molecule has 0 N–H and O–H groups in total. The van der Waals surface area contributed by atoms with E-state index < -0.39 is 0 Å². The average molecular weight is 184 g/mol. The van der Waals surface area contributed by atoms with Gasteiger partial charge in [0, 0.05) is 5.25 Å². The quantitative estimate of drug-likeness (QED) is 0.598. The summed E-state index contributed by atoms with van der Waals surface area (Å²) in [7, 11) is 0. The van der Waals surface area contributed by atoms with Gasteiger partial charge in [-0.2, -0.15) is 11.8 Å². The minimum Gasteiger partial charge on any atom is -0.158 e. The molecule has 0 radical (unpaired) electrons. The van der Waals surface area contributed by atoms with Crippen molar-refractivity contribution in [1.29, 1.82) is 0 Å². The Morgan fingerprint density at radius 1 is 1.17 bits per heavy atom. The third-order valence-corrected chi connectivity index (χ3v) is 5.22. The Hall–Kier alpha value is 0.350. The van der Waals surface area contributed by atoms with Crippen molar-refractivity contribution in [3.8, 4) is 0 Å². The summed E-state index contributed by atoms with van der Waals surface area (Å²) in [6, 6.07) is 0. The first-order valence-electron chi connectivity index (χ1n) is 5.53. The van der Waals surface area contributed by atoms with Gasteiger partial charge in [0.15, 0.2) is 0 Å². The molecule has 1 heterocycles. The minimum atomic E-state index is 1.05. The van der Waals surface area contributed by atoms with E-state index in [0.717, 1.165) is 17.1 Å². The molecule has 0 aromatic heterocycles. The van der Waals surface area contributed by atoms with Crippen LogP contribution in [-0.2, 0) is 0 Å². The number of thioether (sulfide) groups is 1. The topological polar surface area (TPSA) is 0 Å². The maximum atomic E-state index is 2.38. The zero-order valence-corrected chi connectivity index (χ0v) is 8.91. The smallest absolute Gasteiger partial charge is 0.00779 e. The van der Waals surface area contributed by atoms with Crippen LogP contribution in [-0.4, -0.2) is 11.0 Å². The van der Waals surface area contributed by atoms with Crippen LogP contribution in [0, 0.1) is 11.8 Å². The van der Waals surface area contributed by atoms with E-state index in [-0.39, 0.29) is 0 Å². The Kier molecular flexibility index (Phi) is 3.00. The van der Waals surface area contributed by atoms with Crippen molar-refractivity contribution in [2.24, 2.45) is 11.8 Å². The third-order valence-electron chi connectivity index (χ3n) is 3.68. The second-order valence-electron chi connectivity index (χ2n) is 4.31. The number of fused-ring (bicyclic) bond motifs is 1. The molecule has 0 bridgehead atoms. The summed E-state index contributed by atoms with van der Waals surface area (Å²) in [4.78, 5) is 0. The van der Waals surface area contributed by atoms with Crippen LogP contribution in [0.3, 0.4) is 0 Å². The number of rotatable bonds is 1. The second kappa shape index (κ2) is 4.04. The van der Waals surface area contributed by atoms with Crippen molar-refractivity contribution in [3.05, 3.63) is 0 Å². The molecular weight excluding hydrogens is 164 g/mol. The van der Waals surface area contributed by atoms with Gasteiger partial charge in [-0.1, -0.05) is 26.2 Å². The van der Waals surface area contributed by atoms with Crippen molar-refractivity contribution in [3.63, 3.8) is 0 Å². The lowest BCUT2D eigenvalue weighted by Gasteiger charge is -2.40. The van der Waals surface area contributed by atoms with Crippen molar-refractivity contribution in [1.82, 2.24) is 0 Å². The summed E-state index contributed by atoms with van der Waals surface area (Å²) in [6.45, 7) is 2.38. The van der Waals surface area contributed by atoms with E-state index in [1.807, 2.05) is 0 Å². The zero-order valence-electron chi connectivity index (χ0n) is 8.09. The van der Waals surface area contributed by atoms with Crippen molar-refractivity contribution in [2.45, 2.75) is 50.7 Å². The molecule has 1 heteroatoms. The molecule has 0 amide bonds. The Morgan fingerprint density at radius 3 is 2.92 bits per heavy atom. The van der Waals surface area contributed by atoms with E-state index in [2.05, 4.69) is 18.7 Å². The van der Waals surface area contributed by atoms with Crippen molar-refractivity contribution < 1.29 is 0 Å². The molecule has 2 fully saturated rings. The Labute approximate surface area is 80.5 Å². The fraction of sp³-hybridized carbons (Fsp3) is 1.00. The first kappa shape index (κ1) is 8.93. The maximum Gasteiger partial charge on any atom is 0.00779 e. The van der Waals surface area contributed by atoms with Gasteiger partial charge in [0.25, 0.3) is 0 Å². The van der Waals surface area contributed by atoms with E-state index in [1.54, 1.807) is 0 Å². The average Bonchev–Trinajstić information content (AvgIpc) is 2.17. The van der Waals surface area contributed by atoms with E-state index in [4.69, 9.17) is 0 Å². The standard InChI is InChI=1S/C11H20S/c1-2-9-5-3-7-11-10(9)6-4-8-12-11/h9-11H,2-8H2,1H3. The molecule has 1 aliphatic carbocycles. The summed E-state index contributed by atoms with van der Waals surface area (Å²) in [6.07, 6.45) is 9.01. The number of hydrogen-bond donors (Lipinski definition) is 0. The molecule has 1 aliphatic heterocycles. The lowest BCUT2D eigenvalue weighted by atomic mass is 9.75. The highest BCUT2D eigenvalue weighted by Crippen LogP contribution is 2.44. The molecule has 3 unspecified atom stereocenters. The van der Waals surface area contributed by atoms with Crippen LogP contribution in [0.2, 0.25) is 0 Å². The summed E-state index contributed by atoms with van der Waals surface area (Å²) in [5.41, 5.74) is 0. The Morgan fingerprint density at radius 2 is 2.08 bits per heavy atom. The van der Waals surface area contributed by atoms with Gasteiger partial charge in [0.2, 0.25) is 0 Å². The lowest BCUT2D eigenvalue weighted by Crippen LogP contribution is -2.32. The van der Waals surface area contributed by atoms with Gasteiger partial charge in [-0.05, 0) is 36.9 Å². The predicted molar refractivity (Wildman–Crippen MR) is 56.6 cm³/mol. The van der Waals surface area contributed by atoms with Crippen LogP contribution in [0.15, 0.2) is 0 Å². The monoisotopic (exact) mass is 184 g/mol. The molecule has 1 saturated heterocycles. The van der Waals surface area contributed by atoms with Crippen LogP contribution >= 0.6 is 11.8 Å². The fourth-order valence-electron chi connectivity index (χ4n) is 3.00. The molecular formula is C11H20S. The van der Waals surface area contributed by atoms with Gasteiger partial charge in [-0.3, -0.25) is 0 Å². The Bertz CT molecular complexity index is 135. The summed E-state index contributed by atoms with van der Waals surface area (Å²) < 4.78 is 0. The van der Waals surface area contributed by atoms with Gasteiger partial charge in [-0.15, -0.1) is 0 Å². The van der Waals surface area contributed by atoms with Crippen LogP contribution in [0.25, 0.3) is 0 Å². The van der Waals surface area contributed by atoms with E-state index >= 15 is 0 Å². The molecule has 12 heavy (non-hydrogen) atoms. The van der Waals surface area contributed by atoms with Gasteiger partial charge >= 0.3 is 0 Å². The minimum absolute atomic E-state index is 1.05. The van der Waals surface area contributed by atoms with Crippen molar-refractivity contribution >= 4 is 11.8 Å². The van der Waals surface area contributed by atoms with E-state index in [9.17, 15) is 0 Å². The van der Waals surface area contributed by atoms with Gasteiger partial charge < -0.3 is 0 Å². The van der Waals surface area contributed by atoms with Crippen LogP contribution < -0.4 is 0 Å². The van der Waals surface area contributed by atoms with E-state index in [0.29, 0.717) is 0 Å². The SMILES string of the molecule is CCC1CCCC2SCCCC12. The predicted octanol–water partition coefficient (Wildman–Crippen LogP) is 3.71. The lowest BCUT2D eigenvalue weighted by molar-refractivity contribution is 0.220. The third kappa shape index (κ3) is 1.66. The Balaban J connectivity index is 1.99. The van der Waals surface area contributed by atoms with Gasteiger partial charge in [-0.25, -0.2) is 0 Å². The molecule has 1 saturated carbocycles.